The van der Waals surface area contributed by atoms with Gasteiger partial charge in [0.25, 0.3) is 5.91 Å². The molecule has 4 saturated heterocycles. The number of piperidine rings is 1. The van der Waals surface area contributed by atoms with Gasteiger partial charge in [0.2, 0.25) is 29.4 Å². The minimum atomic E-state index is -2.41. The number of benzene rings is 2. The van der Waals surface area contributed by atoms with Crippen molar-refractivity contribution in [1.82, 2.24) is 31.1 Å². The van der Waals surface area contributed by atoms with E-state index in [-0.39, 0.29) is 85.7 Å². The summed E-state index contributed by atoms with van der Waals surface area (Å²) in [6.45, 7) is 10.2. The molecule has 4 heterocycles. The largest absolute Gasteiger partial charge is 0.507 e. The van der Waals surface area contributed by atoms with Crippen molar-refractivity contribution < 1.29 is 106 Å². The molecule has 0 aromatic heterocycles. The number of carboxylic acid groups (broad SMARTS) is 1. The third-order valence-electron chi connectivity index (χ3n) is 16.3. The van der Waals surface area contributed by atoms with Crippen molar-refractivity contribution in [2.24, 2.45) is 11.7 Å². The van der Waals surface area contributed by atoms with Gasteiger partial charge in [0.05, 0.1) is 108 Å². The number of carboxylic acids is 1. The highest BCUT2D eigenvalue weighted by Crippen LogP contribution is 2.53. The molecule has 2 aromatic rings. The molecule has 0 radical (unpaired) electrons. The number of methoxy groups -OCH3 is 1. The lowest BCUT2D eigenvalue weighted by atomic mass is 9.72. The third-order valence-corrected chi connectivity index (χ3v) is 16.3. The number of phenolic OH excluding ortho intramolecular Hbond substituents is 2. The van der Waals surface area contributed by atoms with Gasteiger partial charge in [-0.2, -0.15) is 0 Å². The summed E-state index contributed by atoms with van der Waals surface area (Å²) >= 11 is 0. The van der Waals surface area contributed by atoms with Gasteiger partial charge in [-0.1, -0.05) is 12.1 Å². The Morgan fingerprint density at radius 1 is 0.839 bits per heavy atom. The molecule has 29 heteroatoms. The van der Waals surface area contributed by atoms with Crippen LogP contribution in [0.5, 0.6) is 17.2 Å². The number of carbonyl (C=O) groups excluding carboxylic acids is 7. The molecular weight excluding hydrogens is 1150 g/mol. The molecule has 0 unspecified atom stereocenters. The van der Waals surface area contributed by atoms with Crippen LogP contribution in [-0.2, 0) is 77.8 Å². The SMILES string of the molecule is CCO[C@H]1OCCN2[C@@H]1O[C@@H]1[C@H](C)O[C@@H](O[C@H]3C[C@](O)(C(=O)NCCNC(=O)[C@H](C)NC(=O)[C@H](CC(N)=O)NC(=O)CCOCCOCCOCCOCCN4CCC(C(=O)O)CC4)Cc4c(O)c5c(c(O)c43)C(=O)c3c(OC)cccc3C5=O)C[C@@H]12. The quantitative estimate of drug-likeness (QED) is 0.0272. The van der Waals surface area contributed by atoms with Crippen LogP contribution in [0.25, 0.3) is 0 Å². The van der Waals surface area contributed by atoms with E-state index in [1.807, 2.05) is 6.92 Å². The number of nitrogens with zero attached hydrogens (tertiary/aromatic N) is 2. The van der Waals surface area contributed by atoms with Crippen LogP contribution in [0.2, 0.25) is 0 Å². The smallest absolute Gasteiger partial charge is 0.306 e. The summed E-state index contributed by atoms with van der Waals surface area (Å²) in [5.74, 6) is -8.18. The van der Waals surface area contributed by atoms with Gasteiger partial charge in [0, 0.05) is 81.2 Å². The summed E-state index contributed by atoms with van der Waals surface area (Å²) in [5.41, 5.74) is 1.32. The fourth-order valence-corrected chi connectivity index (χ4v) is 11.9. The summed E-state index contributed by atoms with van der Waals surface area (Å²) in [6.07, 6.45) is -5.21. The highest BCUT2D eigenvalue weighted by Gasteiger charge is 2.55. The van der Waals surface area contributed by atoms with E-state index in [0.29, 0.717) is 65.6 Å². The number of amides is 5. The van der Waals surface area contributed by atoms with Crippen LogP contribution >= 0.6 is 0 Å². The number of phenols is 2. The number of aliphatic carboxylic acids is 1. The second kappa shape index (κ2) is 30.6. The van der Waals surface area contributed by atoms with E-state index in [2.05, 4.69) is 31.1 Å². The zero-order chi connectivity index (χ0) is 62.5. The lowest BCUT2D eigenvalue weighted by molar-refractivity contribution is -0.260. The maximum absolute atomic E-state index is 14.3. The minimum absolute atomic E-state index is 0.0409. The molecule has 4 fully saturated rings. The van der Waals surface area contributed by atoms with Gasteiger partial charge >= 0.3 is 5.97 Å². The Balaban J connectivity index is 0.799. The van der Waals surface area contributed by atoms with Gasteiger partial charge < -0.3 is 99.7 Å². The van der Waals surface area contributed by atoms with Crippen molar-refractivity contribution in [3.63, 3.8) is 0 Å². The first-order valence-electron chi connectivity index (χ1n) is 29.5. The molecule has 480 valence electrons. The molecule has 0 spiro atoms. The molecule has 0 saturated carbocycles. The Bertz CT molecular complexity index is 2820. The first-order chi connectivity index (χ1) is 41.7. The number of morpholine rings is 1. The number of primary amides is 1. The number of aromatic hydroxyl groups is 2. The lowest BCUT2D eigenvalue weighted by Gasteiger charge is -2.43. The molecule has 87 heavy (non-hydrogen) atoms. The fraction of sp³-hybridized carbons (Fsp3) is 0.655. The highest BCUT2D eigenvalue weighted by atomic mass is 16.7. The predicted octanol–water partition coefficient (Wildman–Crippen LogP) is -1.11. The second-order valence-electron chi connectivity index (χ2n) is 22.1. The van der Waals surface area contributed by atoms with Gasteiger partial charge in [-0.15, -0.1) is 0 Å². The number of ketones is 2. The van der Waals surface area contributed by atoms with Crippen LogP contribution in [-0.4, -0.2) is 244 Å². The summed E-state index contributed by atoms with van der Waals surface area (Å²) < 4.78 is 58.5. The van der Waals surface area contributed by atoms with Crippen LogP contribution in [0.3, 0.4) is 0 Å². The number of nitrogens with two attached hydrogens (primary N) is 1. The van der Waals surface area contributed by atoms with Crippen molar-refractivity contribution >= 4 is 47.1 Å². The van der Waals surface area contributed by atoms with Gasteiger partial charge in [-0.25, -0.2) is 0 Å². The van der Waals surface area contributed by atoms with Crippen LogP contribution in [0.4, 0.5) is 0 Å². The van der Waals surface area contributed by atoms with Gasteiger partial charge in [-0.05, 0) is 52.8 Å². The van der Waals surface area contributed by atoms with E-state index < -0.39 is 144 Å². The normalized spacial score (nSPS) is 25.2. The zero-order valence-electron chi connectivity index (χ0n) is 49.4. The van der Waals surface area contributed by atoms with Crippen LogP contribution in [0.15, 0.2) is 18.2 Å². The van der Waals surface area contributed by atoms with Crippen molar-refractivity contribution in [3.05, 3.63) is 51.6 Å². The standard InChI is InChI=1S/C58H81N7O22/c1-5-83-56-54-65(17-20-84-56)37-28-42(85-32(3)51(37)87-54)86-39-30-58(77,29-35-44(39)50(71)46-45(48(35)69)47(68)34-7-6-8-38(78-4)43(34)49(46)70)57(76)61-13-12-60-52(72)31(2)62-53(73)36(27-40(59)66)63-41(67)11-18-79-21-23-81-25-26-82-24-22-80-19-16-64-14-9-33(10-15-64)55(74)75/h6-8,31-33,36-37,39,42,51,54,56,69,71,77H,5,9-30H2,1-4H3,(H2,59,66)(H,60,72)(H,61,76)(H,62,73)(H,63,67)(H,74,75)/t31-,32-,36-,37-,39-,42-,51+,54+,56-,58-/m0/s1. The molecule has 2 aromatic carbocycles. The van der Waals surface area contributed by atoms with Crippen molar-refractivity contribution in [3.8, 4) is 17.2 Å². The number of hydrogen-bond donors (Lipinski definition) is 9. The number of fused-ring (bicyclic) bond motifs is 6. The number of likely N-dealkylation sites (tertiary alicyclic amines) is 1. The number of hydrogen-bond acceptors (Lipinski definition) is 23. The average molecular weight is 1230 g/mol. The van der Waals surface area contributed by atoms with Gasteiger partial charge in [0.15, 0.2) is 24.6 Å². The first kappa shape index (κ1) is 66.5. The Kier molecular flexibility index (Phi) is 23.4. The molecule has 5 amide bonds. The van der Waals surface area contributed by atoms with Crippen molar-refractivity contribution in [1.29, 1.82) is 0 Å². The Labute approximate surface area is 502 Å². The molecule has 6 aliphatic rings. The predicted molar refractivity (Wildman–Crippen MR) is 300 cm³/mol. The molecular formula is C58H81N7O22. The Morgan fingerprint density at radius 2 is 1.51 bits per heavy atom. The van der Waals surface area contributed by atoms with E-state index in [0.717, 1.165) is 19.6 Å². The van der Waals surface area contributed by atoms with Crippen LogP contribution in [0.1, 0.15) is 108 Å². The topological polar surface area (TPSA) is 390 Å². The maximum atomic E-state index is 14.3. The van der Waals surface area contributed by atoms with Crippen molar-refractivity contribution in [2.75, 3.05) is 112 Å². The monoisotopic (exact) mass is 1230 g/mol. The summed E-state index contributed by atoms with van der Waals surface area (Å²) in [5, 5.41) is 55.7. The van der Waals surface area contributed by atoms with Crippen molar-refractivity contribution in [2.45, 2.75) is 127 Å². The number of aliphatic hydroxyl groups is 1. The second-order valence-corrected chi connectivity index (χ2v) is 22.1. The first-order valence-corrected chi connectivity index (χ1v) is 29.5. The number of nitrogens with one attached hydrogen (secondary N) is 4. The van der Waals surface area contributed by atoms with E-state index in [1.54, 1.807) is 6.92 Å². The summed E-state index contributed by atoms with van der Waals surface area (Å²) in [6, 6.07) is 1.40. The molecule has 4 aliphatic heterocycles. The number of rotatable bonds is 31. The Hall–Kier alpha value is -6.48. The summed E-state index contributed by atoms with van der Waals surface area (Å²) in [4.78, 5) is 109. The molecule has 2 aliphatic carbocycles. The molecule has 10 N–H and O–H groups in total. The fourth-order valence-electron chi connectivity index (χ4n) is 11.9. The van der Waals surface area contributed by atoms with E-state index in [1.165, 1.54) is 32.2 Å². The van der Waals surface area contributed by atoms with Gasteiger partial charge in [-0.3, -0.25) is 43.3 Å². The molecule has 29 nitrogen and oxygen atoms in total. The molecule has 0 bridgehead atoms. The summed E-state index contributed by atoms with van der Waals surface area (Å²) in [7, 11) is 1.32. The average Bonchev–Trinajstić information content (AvgIpc) is 1.17. The lowest BCUT2D eigenvalue weighted by Crippen LogP contribution is -2.56. The molecule has 8 rings (SSSR count). The van der Waals surface area contributed by atoms with Gasteiger partial charge in [0.1, 0.15) is 41.0 Å². The van der Waals surface area contributed by atoms with Crippen LogP contribution in [0, 0.1) is 5.92 Å². The Morgan fingerprint density at radius 3 is 2.17 bits per heavy atom. The third kappa shape index (κ3) is 16.1. The maximum Gasteiger partial charge on any atom is 0.306 e. The number of ether oxygens (including phenoxy) is 10. The number of carbonyl (C=O) groups is 8. The minimum Gasteiger partial charge on any atom is -0.507 e. The van der Waals surface area contributed by atoms with Crippen LogP contribution < -0.4 is 31.7 Å². The van der Waals surface area contributed by atoms with E-state index in [9.17, 15) is 53.7 Å². The van der Waals surface area contributed by atoms with E-state index in [4.69, 9.17) is 58.2 Å². The molecule has 10 atom stereocenters. The zero-order valence-corrected chi connectivity index (χ0v) is 49.4. The van der Waals surface area contributed by atoms with E-state index >= 15 is 0 Å². The highest BCUT2D eigenvalue weighted by molar-refractivity contribution is 6.31.